The molecule has 3 aromatic rings. The Balaban J connectivity index is 1.67. The average molecular weight is 430 g/mol. The second-order valence-corrected chi connectivity index (χ2v) is 6.48. The topological polar surface area (TPSA) is 61.7 Å². The molecule has 0 aliphatic carbocycles. The lowest BCUT2D eigenvalue weighted by atomic mass is 10.0. The fourth-order valence-electron chi connectivity index (χ4n) is 2.44. The Kier molecular flexibility index (Phi) is 5.10. The number of carbonyl (C=O) groups is 1. The zero-order valence-corrected chi connectivity index (χ0v) is 14.9. The van der Waals surface area contributed by atoms with Crippen molar-refractivity contribution in [2.45, 2.75) is 6.42 Å². The van der Waals surface area contributed by atoms with Crippen LogP contribution >= 0.6 is 22.6 Å². The highest BCUT2D eigenvalue weighted by atomic mass is 127. The van der Waals surface area contributed by atoms with E-state index in [4.69, 9.17) is 0 Å². The lowest BCUT2D eigenvalue weighted by molar-refractivity contribution is -0.120. The van der Waals surface area contributed by atoms with Crippen molar-refractivity contribution < 1.29 is 9.90 Å². The molecule has 3 rings (SSSR count). The molecular formula is C19H15IN2O2. The third-order valence-electron chi connectivity index (χ3n) is 3.61. The van der Waals surface area contributed by atoms with Gasteiger partial charge in [0.25, 0.3) is 0 Å². The minimum Gasteiger partial charge on any atom is -0.507 e. The number of halogens is 1. The van der Waals surface area contributed by atoms with Crippen LogP contribution in [-0.2, 0) is 11.2 Å². The van der Waals surface area contributed by atoms with Crippen LogP contribution in [0.25, 0.3) is 10.8 Å². The van der Waals surface area contributed by atoms with Crippen molar-refractivity contribution in [3.05, 3.63) is 75.4 Å². The smallest absolute Gasteiger partial charge is 0.244 e. The number of fused-ring (bicyclic) bond motifs is 1. The van der Waals surface area contributed by atoms with Gasteiger partial charge in [-0.2, -0.15) is 5.10 Å². The van der Waals surface area contributed by atoms with Crippen LogP contribution in [-0.4, -0.2) is 17.2 Å². The monoisotopic (exact) mass is 430 g/mol. The third-order valence-corrected chi connectivity index (χ3v) is 4.47. The number of hydrazone groups is 1. The number of phenols is 1. The predicted molar refractivity (Wildman–Crippen MR) is 104 cm³/mol. The second-order valence-electron chi connectivity index (χ2n) is 5.32. The van der Waals surface area contributed by atoms with Gasteiger partial charge >= 0.3 is 0 Å². The second kappa shape index (κ2) is 7.44. The molecule has 0 atom stereocenters. The Bertz CT molecular complexity index is 917. The van der Waals surface area contributed by atoms with E-state index in [1.807, 2.05) is 65.1 Å². The molecule has 24 heavy (non-hydrogen) atoms. The molecule has 0 aliphatic rings. The summed E-state index contributed by atoms with van der Waals surface area (Å²) < 4.78 is 0.735. The molecule has 2 N–H and O–H groups in total. The summed E-state index contributed by atoms with van der Waals surface area (Å²) in [5.74, 6) is 0.0591. The maximum absolute atomic E-state index is 12.1. The van der Waals surface area contributed by atoms with Gasteiger partial charge in [0.05, 0.1) is 16.2 Å². The van der Waals surface area contributed by atoms with Crippen molar-refractivity contribution in [3.8, 4) is 5.75 Å². The van der Waals surface area contributed by atoms with Crippen LogP contribution in [0.2, 0.25) is 0 Å². The highest BCUT2D eigenvalue weighted by Crippen LogP contribution is 2.20. The molecule has 0 spiro atoms. The molecule has 0 unspecified atom stereocenters. The molecule has 1 amide bonds. The number of benzene rings is 3. The Morgan fingerprint density at radius 1 is 1.12 bits per heavy atom. The standard InChI is InChI=1S/C19H15IN2O2/c20-17-10-13(8-9-18(17)23)12-21-22-19(24)11-15-6-3-5-14-4-1-2-7-16(14)15/h1-10,12,23H,11H2,(H,22,24). The Morgan fingerprint density at radius 2 is 1.92 bits per heavy atom. The van der Waals surface area contributed by atoms with E-state index < -0.39 is 0 Å². The average Bonchev–Trinajstić information content (AvgIpc) is 2.58. The molecule has 0 fully saturated rings. The first kappa shape index (κ1) is 16.4. The minimum absolute atomic E-state index is 0.170. The van der Waals surface area contributed by atoms with Crippen LogP contribution in [0.4, 0.5) is 0 Å². The lowest BCUT2D eigenvalue weighted by Gasteiger charge is -2.05. The van der Waals surface area contributed by atoms with Gasteiger partial charge in [-0.1, -0.05) is 42.5 Å². The molecule has 0 bridgehead atoms. The molecular weight excluding hydrogens is 415 g/mol. The molecule has 0 aromatic heterocycles. The van der Waals surface area contributed by atoms with E-state index in [0.29, 0.717) is 0 Å². The van der Waals surface area contributed by atoms with Gasteiger partial charge in [0, 0.05) is 0 Å². The van der Waals surface area contributed by atoms with Gasteiger partial charge in [0.15, 0.2) is 0 Å². The first-order valence-corrected chi connectivity index (χ1v) is 8.48. The van der Waals surface area contributed by atoms with Gasteiger partial charge in [0.2, 0.25) is 5.91 Å². The van der Waals surface area contributed by atoms with Gasteiger partial charge in [0.1, 0.15) is 5.75 Å². The van der Waals surface area contributed by atoms with Gasteiger partial charge in [-0.25, -0.2) is 5.43 Å². The first-order valence-electron chi connectivity index (χ1n) is 7.40. The number of hydrogen-bond donors (Lipinski definition) is 2. The number of phenolic OH excluding ortho intramolecular Hbond substituents is 1. The maximum Gasteiger partial charge on any atom is 0.244 e. The van der Waals surface area contributed by atoms with Crippen LogP contribution in [0.1, 0.15) is 11.1 Å². The van der Waals surface area contributed by atoms with Crippen LogP contribution < -0.4 is 5.43 Å². The summed E-state index contributed by atoms with van der Waals surface area (Å²) in [6, 6.07) is 19.0. The number of carbonyl (C=O) groups excluding carboxylic acids is 1. The van der Waals surface area contributed by atoms with E-state index in [9.17, 15) is 9.90 Å². The van der Waals surface area contributed by atoms with Gasteiger partial charge < -0.3 is 5.11 Å². The SMILES string of the molecule is O=C(Cc1cccc2ccccc12)NN=Cc1ccc(O)c(I)c1. The van der Waals surface area contributed by atoms with Crippen molar-refractivity contribution in [2.24, 2.45) is 5.10 Å². The van der Waals surface area contributed by atoms with Gasteiger partial charge in [-0.05, 0) is 62.7 Å². The minimum atomic E-state index is -0.170. The third kappa shape index (κ3) is 3.91. The molecule has 5 heteroatoms. The summed E-state index contributed by atoms with van der Waals surface area (Å²) in [5.41, 5.74) is 4.32. The summed E-state index contributed by atoms with van der Waals surface area (Å²) in [6.45, 7) is 0. The number of nitrogens with one attached hydrogen (secondary N) is 1. The number of amides is 1. The fraction of sp³-hybridized carbons (Fsp3) is 0.0526. The summed E-state index contributed by atoms with van der Waals surface area (Å²) in [5, 5.41) is 15.7. The molecule has 0 aliphatic heterocycles. The molecule has 0 radical (unpaired) electrons. The van der Waals surface area contributed by atoms with E-state index in [-0.39, 0.29) is 18.1 Å². The Morgan fingerprint density at radius 3 is 2.75 bits per heavy atom. The Hall–Kier alpha value is -2.41. The predicted octanol–water partition coefficient (Wildman–Crippen LogP) is 3.84. The highest BCUT2D eigenvalue weighted by molar-refractivity contribution is 14.1. The van der Waals surface area contributed by atoms with Crippen molar-refractivity contribution in [2.75, 3.05) is 0 Å². The first-order chi connectivity index (χ1) is 11.6. The molecule has 0 heterocycles. The largest absolute Gasteiger partial charge is 0.507 e. The van der Waals surface area contributed by atoms with Gasteiger partial charge in [-0.3, -0.25) is 4.79 Å². The van der Waals surface area contributed by atoms with Crippen LogP contribution in [0.5, 0.6) is 5.75 Å². The van der Waals surface area contributed by atoms with E-state index in [2.05, 4.69) is 10.5 Å². The number of aromatic hydroxyl groups is 1. The summed E-state index contributed by atoms with van der Waals surface area (Å²) >= 11 is 2.04. The van der Waals surface area contributed by atoms with E-state index >= 15 is 0 Å². The Labute approximate surface area is 153 Å². The van der Waals surface area contributed by atoms with E-state index in [0.717, 1.165) is 25.5 Å². The van der Waals surface area contributed by atoms with Crippen LogP contribution in [0.15, 0.2) is 65.8 Å². The molecule has 0 saturated heterocycles. The zero-order chi connectivity index (χ0) is 16.9. The summed E-state index contributed by atoms with van der Waals surface area (Å²) in [7, 11) is 0. The summed E-state index contributed by atoms with van der Waals surface area (Å²) in [4.78, 5) is 12.1. The molecule has 0 saturated carbocycles. The highest BCUT2D eigenvalue weighted by Gasteiger charge is 2.06. The zero-order valence-electron chi connectivity index (χ0n) is 12.7. The number of nitrogens with zero attached hydrogens (tertiary/aromatic N) is 1. The van der Waals surface area contributed by atoms with Crippen LogP contribution in [0, 0.1) is 3.57 Å². The molecule has 120 valence electrons. The van der Waals surface area contributed by atoms with Crippen molar-refractivity contribution >= 4 is 45.5 Å². The fourth-order valence-corrected chi connectivity index (χ4v) is 2.98. The van der Waals surface area contributed by atoms with Crippen molar-refractivity contribution in [1.82, 2.24) is 5.43 Å². The van der Waals surface area contributed by atoms with Gasteiger partial charge in [-0.15, -0.1) is 0 Å². The molecule has 3 aromatic carbocycles. The van der Waals surface area contributed by atoms with E-state index in [1.165, 1.54) is 0 Å². The van der Waals surface area contributed by atoms with Crippen molar-refractivity contribution in [3.63, 3.8) is 0 Å². The summed E-state index contributed by atoms with van der Waals surface area (Å²) in [6.07, 6.45) is 1.83. The lowest BCUT2D eigenvalue weighted by Crippen LogP contribution is -2.19. The van der Waals surface area contributed by atoms with Crippen LogP contribution in [0.3, 0.4) is 0 Å². The molecule has 4 nitrogen and oxygen atoms in total. The maximum atomic E-state index is 12.1. The number of rotatable bonds is 4. The quantitative estimate of drug-likeness (QED) is 0.376. The van der Waals surface area contributed by atoms with E-state index in [1.54, 1.807) is 24.4 Å². The normalized spacial score (nSPS) is 11.0. The van der Waals surface area contributed by atoms with Crippen molar-refractivity contribution in [1.29, 1.82) is 0 Å². The number of hydrogen-bond acceptors (Lipinski definition) is 3.